The average Bonchev–Trinajstić information content (AvgIpc) is 2.00. The highest BCUT2D eigenvalue weighted by atomic mass is 32.2. The fourth-order valence-corrected chi connectivity index (χ4v) is 1.45. The Morgan fingerprint density at radius 3 is 2.50 bits per heavy atom. The summed E-state index contributed by atoms with van der Waals surface area (Å²) < 4.78 is 0. The van der Waals surface area contributed by atoms with Crippen LogP contribution in [-0.4, -0.2) is 40.5 Å². The van der Waals surface area contributed by atoms with E-state index in [9.17, 15) is 4.79 Å². The molecule has 0 spiro atoms. The van der Waals surface area contributed by atoms with Gasteiger partial charge in [0.1, 0.15) is 0 Å². The molecule has 72 valence electrons. The van der Waals surface area contributed by atoms with Crippen molar-refractivity contribution in [1.82, 2.24) is 5.32 Å². The lowest BCUT2D eigenvalue weighted by Gasteiger charge is -2.14. The van der Waals surface area contributed by atoms with E-state index in [0.717, 1.165) is 0 Å². The predicted octanol–water partition coefficient (Wildman–Crippen LogP) is -0.445. The van der Waals surface area contributed by atoms with Gasteiger partial charge in [-0.3, -0.25) is 4.79 Å². The van der Waals surface area contributed by atoms with Gasteiger partial charge in [0.05, 0.1) is 5.25 Å². The molecular weight excluding hydrogens is 178 g/mol. The van der Waals surface area contributed by atoms with Crippen LogP contribution in [-0.2, 0) is 4.79 Å². The molecule has 0 rings (SSSR count). The van der Waals surface area contributed by atoms with E-state index >= 15 is 0 Å². The largest absolute Gasteiger partial charge is 0.368 e. The van der Waals surface area contributed by atoms with Crippen LogP contribution in [0.3, 0.4) is 0 Å². The van der Waals surface area contributed by atoms with E-state index in [2.05, 4.69) is 5.32 Å². The summed E-state index contributed by atoms with van der Waals surface area (Å²) in [5.41, 5.74) is 0. The molecule has 5 heteroatoms. The van der Waals surface area contributed by atoms with Crippen molar-refractivity contribution in [2.24, 2.45) is 0 Å². The first-order valence-electron chi connectivity index (χ1n) is 3.78. The van der Waals surface area contributed by atoms with Crippen LogP contribution in [0.5, 0.6) is 0 Å². The Balaban J connectivity index is 3.87. The highest BCUT2D eigenvalue weighted by Crippen LogP contribution is 2.12. The van der Waals surface area contributed by atoms with E-state index in [1.807, 2.05) is 6.92 Å². The fraction of sp³-hybridized carbons (Fsp3) is 0.857. The van der Waals surface area contributed by atoms with Crippen LogP contribution in [0, 0.1) is 0 Å². The second kappa shape index (κ2) is 6.28. The number of aliphatic hydroxyl groups is 2. The van der Waals surface area contributed by atoms with Gasteiger partial charge in [-0.25, -0.2) is 0 Å². The van der Waals surface area contributed by atoms with E-state index in [1.54, 1.807) is 6.26 Å². The van der Waals surface area contributed by atoms with Gasteiger partial charge in [0.15, 0.2) is 6.29 Å². The first-order valence-corrected chi connectivity index (χ1v) is 5.07. The van der Waals surface area contributed by atoms with Gasteiger partial charge in [-0.2, -0.15) is 11.8 Å². The lowest BCUT2D eigenvalue weighted by Crippen LogP contribution is -2.34. The number of carbonyl (C=O) groups excluding carboxylic acids is 1. The monoisotopic (exact) mass is 193 g/mol. The summed E-state index contributed by atoms with van der Waals surface area (Å²) in [6.07, 6.45) is 0.431. The highest BCUT2D eigenvalue weighted by Gasteiger charge is 2.18. The van der Waals surface area contributed by atoms with E-state index in [-0.39, 0.29) is 17.6 Å². The number of nitrogens with one attached hydrogen (secondary N) is 1. The van der Waals surface area contributed by atoms with Crippen molar-refractivity contribution in [1.29, 1.82) is 0 Å². The SMILES string of the molecule is CCNC(=O)C(CC(O)O)SC. The van der Waals surface area contributed by atoms with Crippen LogP contribution in [0.4, 0.5) is 0 Å². The maximum atomic E-state index is 11.2. The summed E-state index contributed by atoms with van der Waals surface area (Å²) in [4.78, 5) is 11.2. The predicted molar refractivity (Wildman–Crippen MR) is 48.8 cm³/mol. The summed E-state index contributed by atoms with van der Waals surface area (Å²) >= 11 is 1.31. The molecule has 0 saturated carbocycles. The van der Waals surface area contributed by atoms with Crippen LogP contribution in [0.1, 0.15) is 13.3 Å². The molecule has 1 unspecified atom stereocenters. The van der Waals surface area contributed by atoms with Crippen LogP contribution in [0.2, 0.25) is 0 Å². The Hall–Kier alpha value is -0.260. The van der Waals surface area contributed by atoms with E-state index in [4.69, 9.17) is 10.2 Å². The molecule has 0 saturated heterocycles. The van der Waals surface area contributed by atoms with Crippen molar-refractivity contribution < 1.29 is 15.0 Å². The summed E-state index contributed by atoms with van der Waals surface area (Å²) in [5.74, 6) is -0.141. The molecule has 12 heavy (non-hydrogen) atoms. The second-order valence-electron chi connectivity index (χ2n) is 2.34. The molecule has 0 heterocycles. The van der Waals surface area contributed by atoms with Gasteiger partial charge >= 0.3 is 0 Å². The summed E-state index contributed by atoms with van der Waals surface area (Å²) in [6, 6.07) is 0. The molecule has 0 aliphatic heterocycles. The zero-order valence-corrected chi connectivity index (χ0v) is 8.10. The molecule has 0 aliphatic rings. The third-order valence-corrected chi connectivity index (χ3v) is 2.33. The molecule has 0 aliphatic carbocycles. The normalized spacial score (nSPS) is 13.1. The average molecular weight is 193 g/mol. The van der Waals surface area contributed by atoms with Gasteiger partial charge in [-0.05, 0) is 13.2 Å². The van der Waals surface area contributed by atoms with Gasteiger partial charge < -0.3 is 15.5 Å². The van der Waals surface area contributed by atoms with Crippen LogP contribution in [0.25, 0.3) is 0 Å². The van der Waals surface area contributed by atoms with Crippen molar-refractivity contribution >= 4 is 17.7 Å². The maximum Gasteiger partial charge on any atom is 0.233 e. The van der Waals surface area contributed by atoms with Crippen LogP contribution in [0.15, 0.2) is 0 Å². The number of aliphatic hydroxyl groups excluding tert-OH is 1. The number of hydrogen-bond acceptors (Lipinski definition) is 4. The van der Waals surface area contributed by atoms with Crippen LogP contribution >= 0.6 is 11.8 Å². The van der Waals surface area contributed by atoms with Gasteiger partial charge in [0, 0.05) is 13.0 Å². The molecule has 1 amide bonds. The highest BCUT2D eigenvalue weighted by molar-refractivity contribution is 7.99. The quantitative estimate of drug-likeness (QED) is 0.517. The van der Waals surface area contributed by atoms with Crippen molar-refractivity contribution in [3.05, 3.63) is 0 Å². The Morgan fingerprint density at radius 2 is 2.17 bits per heavy atom. The minimum atomic E-state index is -1.41. The molecular formula is C7H15NO3S. The second-order valence-corrected chi connectivity index (χ2v) is 3.38. The maximum absolute atomic E-state index is 11.2. The minimum absolute atomic E-state index is 0.0764. The topological polar surface area (TPSA) is 69.6 Å². The Labute approximate surface area is 76.4 Å². The first-order chi connectivity index (χ1) is 5.61. The molecule has 0 radical (unpaired) electrons. The summed E-state index contributed by atoms with van der Waals surface area (Å²) in [6.45, 7) is 2.39. The minimum Gasteiger partial charge on any atom is -0.368 e. The van der Waals surface area contributed by atoms with Gasteiger partial charge in [-0.15, -0.1) is 0 Å². The van der Waals surface area contributed by atoms with Crippen molar-refractivity contribution in [2.75, 3.05) is 12.8 Å². The summed E-state index contributed by atoms with van der Waals surface area (Å²) in [7, 11) is 0. The summed E-state index contributed by atoms with van der Waals surface area (Å²) in [5, 5.41) is 19.5. The molecule has 0 fully saturated rings. The lowest BCUT2D eigenvalue weighted by molar-refractivity contribution is -0.122. The van der Waals surface area contributed by atoms with Crippen molar-refractivity contribution in [2.45, 2.75) is 24.9 Å². The molecule has 1 atom stereocenters. The molecule has 0 aromatic rings. The van der Waals surface area contributed by atoms with E-state index < -0.39 is 6.29 Å². The number of hydrogen-bond donors (Lipinski definition) is 3. The molecule has 3 N–H and O–H groups in total. The third kappa shape index (κ3) is 4.58. The van der Waals surface area contributed by atoms with Gasteiger partial charge in [0.25, 0.3) is 0 Å². The zero-order chi connectivity index (χ0) is 9.56. The molecule has 0 bridgehead atoms. The number of rotatable bonds is 5. The fourth-order valence-electron chi connectivity index (χ4n) is 0.790. The lowest BCUT2D eigenvalue weighted by atomic mass is 10.3. The van der Waals surface area contributed by atoms with E-state index in [1.165, 1.54) is 11.8 Å². The van der Waals surface area contributed by atoms with Crippen LogP contribution < -0.4 is 5.32 Å². The zero-order valence-electron chi connectivity index (χ0n) is 7.28. The van der Waals surface area contributed by atoms with Gasteiger partial charge in [0.2, 0.25) is 5.91 Å². The molecule has 4 nitrogen and oxygen atoms in total. The number of carbonyl (C=O) groups is 1. The van der Waals surface area contributed by atoms with Gasteiger partial charge in [-0.1, -0.05) is 0 Å². The van der Waals surface area contributed by atoms with Crippen molar-refractivity contribution in [3.63, 3.8) is 0 Å². The number of amides is 1. The Kier molecular flexibility index (Phi) is 6.14. The van der Waals surface area contributed by atoms with E-state index in [0.29, 0.717) is 6.54 Å². The molecule has 0 aromatic heterocycles. The van der Waals surface area contributed by atoms with Crippen molar-refractivity contribution in [3.8, 4) is 0 Å². The smallest absolute Gasteiger partial charge is 0.233 e. The molecule has 0 aromatic carbocycles. The number of thioether (sulfide) groups is 1. The Bertz CT molecular complexity index is 141. The Morgan fingerprint density at radius 1 is 1.58 bits per heavy atom. The standard InChI is InChI=1S/C7H15NO3S/c1-3-8-7(11)5(12-2)4-6(9)10/h5-6,9-10H,3-4H2,1-2H3,(H,8,11). The third-order valence-electron chi connectivity index (χ3n) is 1.35. The first kappa shape index (κ1) is 11.7.